The molecule has 0 aromatic heterocycles. The molecule has 1 N–H and O–H groups in total. The van der Waals surface area contributed by atoms with Crippen molar-refractivity contribution in [1.82, 2.24) is 4.90 Å². The van der Waals surface area contributed by atoms with Crippen molar-refractivity contribution in [3.63, 3.8) is 0 Å². The number of carbonyl (C=O) groups is 2. The first kappa shape index (κ1) is 20.9. The van der Waals surface area contributed by atoms with E-state index >= 15 is 0 Å². The van der Waals surface area contributed by atoms with Gasteiger partial charge in [-0.3, -0.25) is 9.59 Å². The third-order valence-corrected chi connectivity index (χ3v) is 3.89. The van der Waals surface area contributed by atoms with E-state index in [1.165, 1.54) is 19.1 Å². The summed E-state index contributed by atoms with van der Waals surface area (Å²) in [5.41, 5.74) is 0.676. The molecule has 0 aliphatic rings. The van der Waals surface area contributed by atoms with Crippen molar-refractivity contribution < 1.29 is 33.6 Å². The van der Waals surface area contributed by atoms with Gasteiger partial charge in [-0.1, -0.05) is 0 Å². The van der Waals surface area contributed by atoms with Crippen LogP contribution in [-0.2, 0) is 16.1 Å². The highest BCUT2D eigenvalue weighted by molar-refractivity contribution is 5.82. The molecule has 28 heavy (non-hydrogen) atoms. The van der Waals surface area contributed by atoms with Crippen molar-refractivity contribution in [2.24, 2.45) is 0 Å². The number of rotatable bonds is 10. The number of ether oxygens (including phenoxy) is 4. The summed E-state index contributed by atoms with van der Waals surface area (Å²) in [6.07, 6.45) is 0. The van der Waals surface area contributed by atoms with Crippen LogP contribution in [0.5, 0.6) is 23.0 Å². The molecule has 8 nitrogen and oxygen atoms in total. The average Bonchev–Trinajstić information content (AvgIpc) is 2.71. The van der Waals surface area contributed by atoms with E-state index in [1.54, 1.807) is 49.6 Å². The topological polar surface area (TPSA) is 94.5 Å². The summed E-state index contributed by atoms with van der Waals surface area (Å²) in [5.74, 6) is 0.663. The molecule has 0 fully saturated rings. The van der Waals surface area contributed by atoms with Crippen LogP contribution in [0.15, 0.2) is 42.5 Å². The van der Waals surface area contributed by atoms with E-state index < -0.39 is 18.4 Å². The van der Waals surface area contributed by atoms with Crippen LogP contribution in [0.4, 0.5) is 0 Å². The average molecular weight is 389 g/mol. The Kier molecular flexibility index (Phi) is 7.50. The van der Waals surface area contributed by atoms with Gasteiger partial charge in [-0.15, -0.1) is 0 Å². The summed E-state index contributed by atoms with van der Waals surface area (Å²) in [6, 6.07) is 11.9. The first-order valence-electron chi connectivity index (χ1n) is 8.43. The summed E-state index contributed by atoms with van der Waals surface area (Å²) < 4.78 is 21.0. The fraction of sp³-hybridized carbons (Fsp3) is 0.300. The molecule has 8 heteroatoms. The third-order valence-electron chi connectivity index (χ3n) is 3.89. The quantitative estimate of drug-likeness (QED) is 0.666. The van der Waals surface area contributed by atoms with Crippen LogP contribution >= 0.6 is 0 Å². The Morgan fingerprint density at radius 2 is 1.39 bits per heavy atom. The Morgan fingerprint density at radius 1 is 0.857 bits per heavy atom. The van der Waals surface area contributed by atoms with Gasteiger partial charge in [-0.2, -0.15) is 0 Å². The second kappa shape index (κ2) is 10.1. The summed E-state index contributed by atoms with van der Waals surface area (Å²) in [6.45, 7) is -0.671. The maximum atomic E-state index is 12.5. The van der Waals surface area contributed by atoms with Crippen molar-refractivity contribution in [1.29, 1.82) is 0 Å². The van der Waals surface area contributed by atoms with Gasteiger partial charge in [0.25, 0.3) is 5.91 Å². The highest BCUT2D eigenvalue weighted by Crippen LogP contribution is 2.23. The molecular weight excluding hydrogens is 366 g/mol. The lowest BCUT2D eigenvalue weighted by molar-refractivity contribution is -0.145. The number of carbonyl (C=O) groups excluding carboxylic acids is 1. The zero-order valence-electron chi connectivity index (χ0n) is 16.0. The molecule has 0 unspecified atom stereocenters. The molecule has 0 aliphatic carbocycles. The van der Waals surface area contributed by atoms with Crippen LogP contribution in [-0.4, -0.2) is 56.4 Å². The number of benzene rings is 2. The minimum atomic E-state index is -1.12. The van der Waals surface area contributed by atoms with E-state index in [4.69, 9.17) is 24.1 Å². The maximum absolute atomic E-state index is 12.5. The van der Waals surface area contributed by atoms with Crippen LogP contribution in [0.25, 0.3) is 0 Å². The van der Waals surface area contributed by atoms with Crippen LogP contribution < -0.4 is 18.9 Å². The highest BCUT2D eigenvalue weighted by Gasteiger charge is 2.19. The van der Waals surface area contributed by atoms with Crippen molar-refractivity contribution in [2.75, 3.05) is 34.5 Å². The van der Waals surface area contributed by atoms with E-state index in [-0.39, 0.29) is 13.2 Å². The smallest absolute Gasteiger partial charge is 0.323 e. The molecule has 0 radical (unpaired) electrons. The van der Waals surface area contributed by atoms with Crippen molar-refractivity contribution in [3.05, 3.63) is 48.0 Å². The first-order chi connectivity index (χ1) is 13.4. The summed E-state index contributed by atoms with van der Waals surface area (Å²) >= 11 is 0. The number of carboxylic acids is 1. The SMILES string of the molecule is COc1ccc(OCC(=O)N(CC(=O)O)Cc2cc(OC)cc(OC)c2)cc1. The molecular formula is C20H23NO7. The number of nitrogens with zero attached hydrogens (tertiary/aromatic N) is 1. The number of aliphatic carboxylic acids is 1. The number of hydrogen-bond acceptors (Lipinski definition) is 6. The Hall–Kier alpha value is -3.42. The van der Waals surface area contributed by atoms with Crippen LogP contribution in [0.2, 0.25) is 0 Å². The number of methoxy groups -OCH3 is 3. The predicted octanol–water partition coefficient (Wildman–Crippen LogP) is 2.20. The van der Waals surface area contributed by atoms with Gasteiger partial charge in [0, 0.05) is 12.6 Å². The number of carboxylic acid groups (broad SMARTS) is 1. The number of amides is 1. The third kappa shape index (κ3) is 6.08. The zero-order chi connectivity index (χ0) is 20.5. The van der Waals surface area contributed by atoms with E-state index in [1.807, 2.05) is 0 Å². The molecule has 2 aromatic rings. The minimum absolute atomic E-state index is 0.0741. The van der Waals surface area contributed by atoms with E-state index in [2.05, 4.69) is 0 Å². The van der Waals surface area contributed by atoms with Gasteiger partial charge in [0.15, 0.2) is 6.61 Å². The molecule has 0 bridgehead atoms. The van der Waals surface area contributed by atoms with Crippen LogP contribution in [0, 0.1) is 0 Å². The lowest BCUT2D eigenvalue weighted by Crippen LogP contribution is -2.38. The van der Waals surface area contributed by atoms with E-state index in [0.29, 0.717) is 28.6 Å². The molecule has 150 valence electrons. The van der Waals surface area contributed by atoms with Crippen molar-refractivity contribution in [2.45, 2.75) is 6.54 Å². The second-order valence-electron chi connectivity index (χ2n) is 5.83. The molecule has 2 rings (SSSR count). The maximum Gasteiger partial charge on any atom is 0.323 e. The van der Waals surface area contributed by atoms with Gasteiger partial charge in [0.1, 0.15) is 29.5 Å². The second-order valence-corrected chi connectivity index (χ2v) is 5.83. The molecule has 0 saturated heterocycles. The fourth-order valence-electron chi connectivity index (χ4n) is 2.48. The standard InChI is InChI=1S/C20H23NO7/c1-25-15-4-6-16(7-5-15)28-13-19(22)21(12-20(23)24)11-14-8-17(26-2)10-18(9-14)27-3/h4-10H,11-13H2,1-3H3,(H,23,24). The van der Waals surface area contributed by atoms with Crippen molar-refractivity contribution in [3.8, 4) is 23.0 Å². The van der Waals surface area contributed by atoms with Gasteiger partial charge in [0.2, 0.25) is 0 Å². The summed E-state index contributed by atoms with van der Waals surface area (Å²) in [4.78, 5) is 24.9. The highest BCUT2D eigenvalue weighted by atomic mass is 16.5. The molecule has 0 aliphatic heterocycles. The Morgan fingerprint density at radius 3 is 1.89 bits per heavy atom. The molecule has 0 saturated carbocycles. The number of hydrogen-bond donors (Lipinski definition) is 1. The van der Waals surface area contributed by atoms with Gasteiger partial charge < -0.3 is 29.0 Å². The normalized spacial score (nSPS) is 10.1. The minimum Gasteiger partial charge on any atom is -0.497 e. The van der Waals surface area contributed by atoms with Gasteiger partial charge in [-0.25, -0.2) is 0 Å². The predicted molar refractivity (Wildman–Crippen MR) is 101 cm³/mol. The van der Waals surface area contributed by atoms with Crippen molar-refractivity contribution >= 4 is 11.9 Å². The molecule has 1 amide bonds. The monoisotopic (exact) mass is 389 g/mol. The molecule has 0 heterocycles. The first-order valence-corrected chi connectivity index (χ1v) is 8.43. The van der Waals surface area contributed by atoms with Crippen LogP contribution in [0.3, 0.4) is 0 Å². The molecule has 0 spiro atoms. The fourth-order valence-corrected chi connectivity index (χ4v) is 2.48. The lowest BCUT2D eigenvalue weighted by atomic mass is 10.2. The Balaban J connectivity index is 2.09. The van der Waals surface area contributed by atoms with E-state index in [0.717, 1.165) is 0 Å². The molecule has 0 atom stereocenters. The van der Waals surface area contributed by atoms with Gasteiger partial charge in [0.05, 0.1) is 21.3 Å². The largest absolute Gasteiger partial charge is 0.497 e. The molecule has 2 aromatic carbocycles. The Bertz CT molecular complexity index is 782. The van der Waals surface area contributed by atoms with Gasteiger partial charge >= 0.3 is 5.97 Å². The zero-order valence-corrected chi connectivity index (χ0v) is 16.0. The Labute approximate surface area is 163 Å². The van der Waals surface area contributed by atoms with Crippen LogP contribution in [0.1, 0.15) is 5.56 Å². The van der Waals surface area contributed by atoms with Gasteiger partial charge in [-0.05, 0) is 42.0 Å². The summed E-state index contributed by atoms with van der Waals surface area (Å²) in [5, 5.41) is 9.16. The summed E-state index contributed by atoms with van der Waals surface area (Å²) in [7, 11) is 4.58. The lowest BCUT2D eigenvalue weighted by Gasteiger charge is -2.21. The van der Waals surface area contributed by atoms with E-state index in [9.17, 15) is 9.59 Å².